The number of carbonyl (C=O) groups excluding carboxylic acids is 1. The Morgan fingerprint density at radius 1 is 1.47 bits per heavy atom. The Kier molecular flexibility index (Phi) is 4.85. The van der Waals surface area contributed by atoms with E-state index in [1.165, 1.54) is 0 Å². The lowest BCUT2D eigenvalue weighted by atomic mass is 10.3. The van der Waals surface area contributed by atoms with Crippen LogP contribution >= 0.6 is 11.8 Å². The van der Waals surface area contributed by atoms with Gasteiger partial charge in [0.2, 0.25) is 0 Å². The minimum Gasteiger partial charge on any atom is -0.494 e. The minimum atomic E-state index is 0.242. The van der Waals surface area contributed by atoms with Crippen LogP contribution in [0.4, 0.5) is 0 Å². The first kappa shape index (κ1) is 13.9. The fourth-order valence-electron chi connectivity index (χ4n) is 1.78. The number of nitrogens with zero attached hydrogens (tertiary/aromatic N) is 1. The molecule has 1 N–H and O–H groups in total. The smallest absolute Gasteiger partial charge is 0.166 e. The van der Waals surface area contributed by atoms with Crippen molar-refractivity contribution in [2.75, 3.05) is 12.4 Å². The van der Waals surface area contributed by atoms with Crippen molar-refractivity contribution < 1.29 is 9.53 Å². The highest BCUT2D eigenvalue weighted by Gasteiger charge is 2.05. The summed E-state index contributed by atoms with van der Waals surface area (Å²) in [5, 5.41) is 0.896. The molecular formula is C14H18N2O2S. The van der Waals surface area contributed by atoms with Crippen LogP contribution in [0.5, 0.6) is 5.75 Å². The molecule has 2 rings (SSSR count). The van der Waals surface area contributed by atoms with Gasteiger partial charge in [-0.1, -0.05) is 11.8 Å². The lowest BCUT2D eigenvalue weighted by Gasteiger charge is -2.00. The van der Waals surface area contributed by atoms with Crippen LogP contribution in [0.1, 0.15) is 26.7 Å². The highest BCUT2D eigenvalue weighted by atomic mass is 32.2. The Morgan fingerprint density at radius 3 is 3.05 bits per heavy atom. The number of thioether (sulfide) groups is 1. The molecule has 0 aliphatic carbocycles. The number of H-pyrrole nitrogens is 1. The van der Waals surface area contributed by atoms with Gasteiger partial charge in [0.1, 0.15) is 11.5 Å². The second-order valence-electron chi connectivity index (χ2n) is 4.31. The molecule has 1 aromatic carbocycles. The molecule has 0 radical (unpaired) electrons. The molecule has 5 heteroatoms. The molecule has 0 amide bonds. The Balaban J connectivity index is 1.98. The van der Waals surface area contributed by atoms with E-state index >= 15 is 0 Å². The third kappa shape index (κ3) is 3.99. The zero-order valence-corrected chi connectivity index (χ0v) is 12.0. The molecule has 0 saturated carbocycles. The molecule has 0 aliphatic rings. The molecule has 102 valence electrons. The van der Waals surface area contributed by atoms with Gasteiger partial charge in [0.25, 0.3) is 0 Å². The molecule has 0 atom stereocenters. The molecule has 19 heavy (non-hydrogen) atoms. The van der Waals surface area contributed by atoms with Gasteiger partial charge in [-0.3, -0.25) is 0 Å². The van der Waals surface area contributed by atoms with Crippen molar-refractivity contribution in [1.29, 1.82) is 0 Å². The first-order valence-corrected chi connectivity index (χ1v) is 7.42. The first-order chi connectivity index (χ1) is 9.19. The fraction of sp³-hybridized carbons (Fsp3) is 0.429. The van der Waals surface area contributed by atoms with Crippen LogP contribution in [0, 0.1) is 0 Å². The van der Waals surface area contributed by atoms with E-state index in [1.807, 2.05) is 25.1 Å². The summed E-state index contributed by atoms with van der Waals surface area (Å²) in [4.78, 5) is 18.6. The summed E-state index contributed by atoms with van der Waals surface area (Å²) < 4.78 is 5.46. The zero-order chi connectivity index (χ0) is 13.7. The van der Waals surface area contributed by atoms with Gasteiger partial charge in [-0.25, -0.2) is 4.98 Å². The Labute approximate surface area is 116 Å². The van der Waals surface area contributed by atoms with Gasteiger partial charge in [0, 0.05) is 18.2 Å². The van der Waals surface area contributed by atoms with E-state index in [1.54, 1.807) is 18.7 Å². The second kappa shape index (κ2) is 6.61. The number of carbonyl (C=O) groups is 1. The van der Waals surface area contributed by atoms with Gasteiger partial charge >= 0.3 is 0 Å². The highest BCUT2D eigenvalue weighted by molar-refractivity contribution is 7.99. The number of aromatic nitrogens is 2. The molecular weight excluding hydrogens is 260 g/mol. The summed E-state index contributed by atoms with van der Waals surface area (Å²) in [5.41, 5.74) is 1.93. The number of fused-ring (bicyclic) bond motifs is 1. The summed E-state index contributed by atoms with van der Waals surface area (Å²) >= 11 is 1.65. The van der Waals surface area contributed by atoms with Crippen molar-refractivity contribution in [2.24, 2.45) is 0 Å². The largest absolute Gasteiger partial charge is 0.494 e. The number of hydrogen-bond donors (Lipinski definition) is 1. The van der Waals surface area contributed by atoms with E-state index < -0.39 is 0 Å². The predicted molar refractivity (Wildman–Crippen MR) is 77.9 cm³/mol. The summed E-state index contributed by atoms with van der Waals surface area (Å²) in [6, 6.07) is 5.85. The van der Waals surface area contributed by atoms with Crippen LogP contribution in [0.2, 0.25) is 0 Å². The zero-order valence-electron chi connectivity index (χ0n) is 11.2. The quantitative estimate of drug-likeness (QED) is 0.623. The Hall–Kier alpha value is -1.49. The molecule has 0 fully saturated rings. The van der Waals surface area contributed by atoms with Crippen molar-refractivity contribution in [2.45, 2.75) is 31.8 Å². The fourth-order valence-corrected chi connectivity index (χ4v) is 2.61. The van der Waals surface area contributed by atoms with E-state index in [0.717, 1.165) is 34.1 Å². The lowest BCUT2D eigenvalue weighted by Crippen LogP contribution is -1.91. The maximum absolute atomic E-state index is 10.8. The van der Waals surface area contributed by atoms with Crippen LogP contribution in [-0.2, 0) is 4.79 Å². The predicted octanol–water partition coefficient (Wildman–Crippen LogP) is 3.42. The third-order valence-electron chi connectivity index (χ3n) is 2.65. The topological polar surface area (TPSA) is 55.0 Å². The van der Waals surface area contributed by atoms with Gasteiger partial charge < -0.3 is 14.5 Å². The highest BCUT2D eigenvalue weighted by Crippen LogP contribution is 2.23. The SMILES string of the molecule is CCOc1ccc2nc(SCCCC(C)=O)[nH]c2c1. The van der Waals surface area contributed by atoms with Gasteiger partial charge in [-0.05, 0) is 32.4 Å². The first-order valence-electron chi connectivity index (χ1n) is 6.44. The van der Waals surface area contributed by atoms with Gasteiger partial charge in [0.05, 0.1) is 17.6 Å². The van der Waals surface area contributed by atoms with E-state index in [0.29, 0.717) is 13.0 Å². The van der Waals surface area contributed by atoms with Crippen LogP contribution in [-0.4, -0.2) is 28.1 Å². The minimum absolute atomic E-state index is 0.242. The van der Waals surface area contributed by atoms with Crippen molar-refractivity contribution >= 4 is 28.6 Å². The summed E-state index contributed by atoms with van der Waals surface area (Å²) in [6.45, 7) is 4.25. The summed E-state index contributed by atoms with van der Waals surface area (Å²) in [5.74, 6) is 2.00. The number of imidazole rings is 1. The third-order valence-corrected chi connectivity index (χ3v) is 3.61. The second-order valence-corrected chi connectivity index (χ2v) is 5.39. The van der Waals surface area contributed by atoms with E-state index in [4.69, 9.17) is 4.74 Å². The number of ketones is 1. The molecule has 0 spiro atoms. The standard InChI is InChI=1S/C14H18N2O2S/c1-3-18-11-6-7-12-13(9-11)16-14(15-12)19-8-4-5-10(2)17/h6-7,9H,3-5,8H2,1-2H3,(H,15,16). The number of benzene rings is 1. The molecule has 1 aromatic heterocycles. The Bertz CT molecular complexity index is 566. The van der Waals surface area contributed by atoms with Crippen LogP contribution in [0.3, 0.4) is 0 Å². The molecule has 2 aromatic rings. The van der Waals surface area contributed by atoms with Crippen molar-refractivity contribution in [1.82, 2.24) is 9.97 Å². The average Bonchev–Trinajstić information content (AvgIpc) is 2.77. The molecule has 1 heterocycles. The van der Waals surface area contributed by atoms with Gasteiger partial charge in [-0.2, -0.15) is 0 Å². The monoisotopic (exact) mass is 278 g/mol. The number of ether oxygens (including phenoxy) is 1. The van der Waals surface area contributed by atoms with Crippen molar-refractivity contribution in [3.8, 4) is 5.75 Å². The van der Waals surface area contributed by atoms with Crippen LogP contribution in [0.15, 0.2) is 23.4 Å². The Morgan fingerprint density at radius 2 is 2.32 bits per heavy atom. The van der Waals surface area contributed by atoms with Crippen molar-refractivity contribution in [3.63, 3.8) is 0 Å². The molecule has 0 bridgehead atoms. The van der Waals surface area contributed by atoms with E-state index in [2.05, 4.69) is 9.97 Å². The lowest BCUT2D eigenvalue weighted by molar-refractivity contribution is -0.117. The van der Waals surface area contributed by atoms with Crippen molar-refractivity contribution in [3.05, 3.63) is 18.2 Å². The number of Topliss-reactive ketones (excluding diaryl/α,β-unsaturated/α-hetero) is 1. The summed E-state index contributed by atoms with van der Waals surface area (Å²) in [6.07, 6.45) is 1.53. The van der Waals surface area contributed by atoms with E-state index in [9.17, 15) is 4.79 Å². The average molecular weight is 278 g/mol. The molecule has 4 nitrogen and oxygen atoms in total. The maximum atomic E-state index is 10.8. The van der Waals surface area contributed by atoms with Crippen LogP contribution < -0.4 is 4.74 Å². The summed E-state index contributed by atoms with van der Waals surface area (Å²) in [7, 11) is 0. The normalized spacial score (nSPS) is 10.8. The number of rotatable bonds is 7. The van der Waals surface area contributed by atoms with Gasteiger partial charge in [0.15, 0.2) is 5.16 Å². The maximum Gasteiger partial charge on any atom is 0.166 e. The number of aromatic amines is 1. The molecule has 0 unspecified atom stereocenters. The number of nitrogens with one attached hydrogen (secondary N) is 1. The molecule has 0 aliphatic heterocycles. The van der Waals surface area contributed by atoms with E-state index in [-0.39, 0.29) is 5.78 Å². The number of hydrogen-bond acceptors (Lipinski definition) is 4. The van der Waals surface area contributed by atoms with Crippen LogP contribution in [0.25, 0.3) is 11.0 Å². The molecule has 0 saturated heterocycles. The van der Waals surface area contributed by atoms with Gasteiger partial charge in [-0.15, -0.1) is 0 Å².